The Morgan fingerprint density at radius 3 is 2.47 bits per heavy atom. The number of Topliss-reactive ketones (excluding diaryl/α,β-unsaturated/α-hetero) is 1. The number of pyridine rings is 1. The molecule has 1 aromatic carbocycles. The largest absolute Gasteiger partial charge is 0.294 e. The molecule has 0 radical (unpaired) electrons. The third-order valence-electron chi connectivity index (χ3n) is 2.51. The lowest BCUT2D eigenvalue weighted by Gasteiger charge is -2.02. The van der Waals surface area contributed by atoms with E-state index in [1.165, 1.54) is 0 Å². The fourth-order valence-electron chi connectivity index (χ4n) is 1.52. The third kappa shape index (κ3) is 3.14. The molecular formula is C14H12ClNO. The second-order valence-electron chi connectivity index (χ2n) is 3.91. The van der Waals surface area contributed by atoms with Crippen LogP contribution < -0.4 is 0 Å². The van der Waals surface area contributed by atoms with Crippen LogP contribution in [0.2, 0.25) is 5.02 Å². The zero-order valence-corrected chi connectivity index (χ0v) is 10.2. The first-order chi connectivity index (χ1) is 8.15. The van der Waals surface area contributed by atoms with E-state index in [0.717, 1.165) is 11.3 Å². The number of hydrogen-bond donors (Lipinski definition) is 0. The van der Waals surface area contributed by atoms with Gasteiger partial charge in [-0.15, -0.1) is 0 Å². The first-order valence-electron chi connectivity index (χ1n) is 5.35. The Balaban J connectivity index is 2.11. The number of rotatable bonds is 3. The summed E-state index contributed by atoms with van der Waals surface area (Å²) in [5, 5.41) is 0.679. The van der Waals surface area contributed by atoms with E-state index in [1.54, 1.807) is 24.4 Å². The molecule has 17 heavy (non-hydrogen) atoms. The van der Waals surface area contributed by atoms with E-state index in [2.05, 4.69) is 4.98 Å². The molecule has 0 unspecified atom stereocenters. The number of aryl methyl sites for hydroxylation is 1. The van der Waals surface area contributed by atoms with Gasteiger partial charge in [-0.05, 0) is 36.8 Å². The maximum Gasteiger partial charge on any atom is 0.168 e. The molecule has 0 bridgehead atoms. The average Bonchev–Trinajstić information content (AvgIpc) is 2.33. The van der Waals surface area contributed by atoms with Crippen molar-refractivity contribution in [1.82, 2.24) is 4.98 Å². The van der Waals surface area contributed by atoms with Crippen LogP contribution in [0.15, 0.2) is 42.6 Å². The highest BCUT2D eigenvalue weighted by molar-refractivity contribution is 6.30. The number of benzene rings is 1. The zero-order chi connectivity index (χ0) is 12.3. The van der Waals surface area contributed by atoms with Gasteiger partial charge in [-0.3, -0.25) is 9.78 Å². The molecule has 2 rings (SSSR count). The van der Waals surface area contributed by atoms with Crippen molar-refractivity contribution in [2.45, 2.75) is 13.3 Å². The Morgan fingerprint density at radius 1 is 1.18 bits per heavy atom. The van der Waals surface area contributed by atoms with E-state index in [1.807, 2.05) is 25.1 Å². The lowest BCUT2D eigenvalue weighted by atomic mass is 10.0. The zero-order valence-electron chi connectivity index (χ0n) is 9.48. The molecule has 2 aromatic rings. The molecule has 0 spiro atoms. The monoisotopic (exact) mass is 245 g/mol. The summed E-state index contributed by atoms with van der Waals surface area (Å²) in [5.41, 5.74) is 2.51. The van der Waals surface area contributed by atoms with Gasteiger partial charge in [0.2, 0.25) is 0 Å². The molecule has 0 aliphatic heterocycles. The van der Waals surface area contributed by atoms with Gasteiger partial charge in [0.1, 0.15) is 0 Å². The summed E-state index contributed by atoms with van der Waals surface area (Å²) in [6.07, 6.45) is 2.00. The SMILES string of the molecule is Cc1ccc(C(=O)Cc2ccc(Cl)cc2)cn1. The summed E-state index contributed by atoms with van der Waals surface area (Å²) >= 11 is 5.79. The van der Waals surface area contributed by atoms with Crippen molar-refractivity contribution in [3.8, 4) is 0 Å². The summed E-state index contributed by atoms with van der Waals surface area (Å²) in [4.78, 5) is 16.1. The van der Waals surface area contributed by atoms with Crippen LogP contribution >= 0.6 is 11.6 Å². The predicted octanol–water partition coefficient (Wildman–Crippen LogP) is 3.47. The maximum atomic E-state index is 11.9. The predicted molar refractivity (Wildman–Crippen MR) is 68.5 cm³/mol. The summed E-state index contributed by atoms with van der Waals surface area (Å²) in [7, 11) is 0. The van der Waals surface area contributed by atoms with Crippen LogP contribution in [0.25, 0.3) is 0 Å². The summed E-state index contributed by atoms with van der Waals surface area (Å²) < 4.78 is 0. The van der Waals surface area contributed by atoms with E-state index >= 15 is 0 Å². The standard InChI is InChI=1S/C14H12ClNO/c1-10-2-5-12(9-16-10)14(17)8-11-3-6-13(15)7-4-11/h2-7,9H,8H2,1H3. The van der Waals surface area contributed by atoms with Crippen molar-refractivity contribution < 1.29 is 4.79 Å². The molecule has 1 heterocycles. The van der Waals surface area contributed by atoms with Crippen molar-refractivity contribution in [1.29, 1.82) is 0 Å². The fourth-order valence-corrected chi connectivity index (χ4v) is 1.65. The van der Waals surface area contributed by atoms with Crippen LogP contribution in [-0.2, 0) is 6.42 Å². The van der Waals surface area contributed by atoms with E-state index in [-0.39, 0.29) is 5.78 Å². The highest BCUT2D eigenvalue weighted by atomic mass is 35.5. The maximum absolute atomic E-state index is 11.9. The minimum atomic E-state index is 0.0693. The average molecular weight is 246 g/mol. The number of nitrogens with zero attached hydrogens (tertiary/aromatic N) is 1. The van der Waals surface area contributed by atoms with Gasteiger partial charge in [-0.2, -0.15) is 0 Å². The lowest BCUT2D eigenvalue weighted by molar-refractivity contribution is 0.0992. The molecule has 0 N–H and O–H groups in total. The first kappa shape index (κ1) is 11.8. The lowest BCUT2D eigenvalue weighted by Crippen LogP contribution is -2.04. The quantitative estimate of drug-likeness (QED) is 0.775. The minimum absolute atomic E-state index is 0.0693. The number of ketones is 1. The van der Waals surface area contributed by atoms with Gasteiger partial charge < -0.3 is 0 Å². The molecule has 2 nitrogen and oxygen atoms in total. The molecule has 0 saturated carbocycles. The van der Waals surface area contributed by atoms with Crippen molar-refractivity contribution in [2.24, 2.45) is 0 Å². The Hall–Kier alpha value is -1.67. The van der Waals surface area contributed by atoms with Crippen LogP contribution in [0, 0.1) is 6.92 Å². The molecule has 86 valence electrons. The van der Waals surface area contributed by atoms with Crippen LogP contribution in [0.5, 0.6) is 0 Å². The number of aromatic nitrogens is 1. The molecule has 0 fully saturated rings. The Labute approximate surface area is 105 Å². The van der Waals surface area contributed by atoms with Crippen molar-refractivity contribution >= 4 is 17.4 Å². The van der Waals surface area contributed by atoms with Crippen molar-refractivity contribution in [2.75, 3.05) is 0 Å². The summed E-state index contributed by atoms with van der Waals surface area (Å²) in [5.74, 6) is 0.0693. The van der Waals surface area contributed by atoms with E-state index in [0.29, 0.717) is 17.0 Å². The van der Waals surface area contributed by atoms with Gasteiger partial charge in [-0.25, -0.2) is 0 Å². The number of carbonyl (C=O) groups excluding carboxylic acids is 1. The van der Waals surface area contributed by atoms with Gasteiger partial charge in [0.25, 0.3) is 0 Å². The van der Waals surface area contributed by atoms with Gasteiger partial charge in [-0.1, -0.05) is 23.7 Å². The molecule has 0 atom stereocenters. The minimum Gasteiger partial charge on any atom is -0.294 e. The smallest absolute Gasteiger partial charge is 0.168 e. The van der Waals surface area contributed by atoms with Crippen molar-refractivity contribution in [3.63, 3.8) is 0 Å². The number of halogens is 1. The molecule has 1 aromatic heterocycles. The Morgan fingerprint density at radius 2 is 1.88 bits per heavy atom. The van der Waals surface area contributed by atoms with E-state index < -0.39 is 0 Å². The fraction of sp³-hybridized carbons (Fsp3) is 0.143. The van der Waals surface area contributed by atoms with Gasteiger partial charge >= 0.3 is 0 Å². The molecule has 3 heteroatoms. The third-order valence-corrected chi connectivity index (χ3v) is 2.76. The van der Waals surface area contributed by atoms with E-state index in [9.17, 15) is 4.79 Å². The number of carbonyl (C=O) groups is 1. The van der Waals surface area contributed by atoms with Gasteiger partial charge in [0.15, 0.2) is 5.78 Å². The number of hydrogen-bond acceptors (Lipinski definition) is 2. The summed E-state index contributed by atoms with van der Waals surface area (Å²) in [6.45, 7) is 1.90. The van der Waals surface area contributed by atoms with Crippen molar-refractivity contribution in [3.05, 3.63) is 64.4 Å². The summed E-state index contributed by atoms with van der Waals surface area (Å²) in [6, 6.07) is 11.0. The normalized spacial score (nSPS) is 10.2. The van der Waals surface area contributed by atoms with Crippen LogP contribution in [-0.4, -0.2) is 10.8 Å². The van der Waals surface area contributed by atoms with Crippen LogP contribution in [0.1, 0.15) is 21.6 Å². The Kier molecular flexibility index (Phi) is 3.55. The molecular weight excluding hydrogens is 234 g/mol. The second-order valence-corrected chi connectivity index (χ2v) is 4.35. The molecule has 0 aliphatic carbocycles. The topological polar surface area (TPSA) is 30.0 Å². The van der Waals surface area contributed by atoms with Gasteiger partial charge in [0.05, 0.1) is 0 Å². The van der Waals surface area contributed by atoms with Gasteiger partial charge in [0, 0.05) is 28.9 Å². The molecule has 0 aliphatic rings. The molecule has 0 saturated heterocycles. The highest BCUT2D eigenvalue weighted by Gasteiger charge is 2.07. The Bertz CT molecular complexity index is 517. The van der Waals surface area contributed by atoms with Crippen LogP contribution in [0.3, 0.4) is 0 Å². The second kappa shape index (κ2) is 5.11. The molecule has 0 amide bonds. The van der Waals surface area contributed by atoms with Crippen LogP contribution in [0.4, 0.5) is 0 Å². The van der Waals surface area contributed by atoms with E-state index in [4.69, 9.17) is 11.6 Å². The highest BCUT2D eigenvalue weighted by Crippen LogP contribution is 2.12. The first-order valence-corrected chi connectivity index (χ1v) is 5.73.